The van der Waals surface area contributed by atoms with Crippen molar-refractivity contribution in [3.8, 4) is 11.5 Å². The van der Waals surface area contributed by atoms with Gasteiger partial charge in [0.25, 0.3) is 11.6 Å². The zero-order chi connectivity index (χ0) is 14.7. The van der Waals surface area contributed by atoms with Gasteiger partial charge in [0.2, 0.25) is 5.82 Å². The third-order valence-electron chi connectivity index (χ3n) is 2.69. The first-order valence-corrected chi connectivity index (χ1v) is 6.36. The molecule has 1 atom stereocenters. The normalized spacial score (nSPS) is 12.3. The van der Waals surface area contributed by atoms with Gasteiger partial charge >= 0.3 is 0 Å². The van der Waals surface area contributed by atoms with Crippen molar-refractivity contribution >= 4 is 17.3 Å². The van der Waals surface area contributed by atoms with Gasteiger partial charge in [-0.2, -0.15) is 4.98 Å². The lowest BCUT2D eigenvalue weighted by molar-refractivity contribution is -0.384. The van der Waals surface area contributed by atoms with Crippen LogP contribution in [-0.4, -0.2) is 20.2 Å². The first kappa shape index (κ1) is 14.4. The van der Waals surface area contributed by atoms with Gasteiger partial charge in [-0.25, -0.2) is 0 Å². The standard InChI is InChI=1S/C12H12ClN3O4/c1-2-3-10(17)11-14-12(20-15-11)8-5-4-7(13)6-9(8)16(18)19/h4-6,10,17H,2-3H2,1H3. The number of benzene rings is 1. The third-order valence-corrected chi connectivity index (χ3v) is 2.92. The van der Waals surface area contributed by atoms with Gasteiger partial charge in [0.05, 0.1) is 4.92 Å². The van der Waals surface area contributed by atoms with Gasteiger partial charge in [-0.1, -0.05) is 30.1 Å². The van der Waals surface area contributed by atoms with Gasteiger partial charge in [0.15, 0.2) is 0 Å². The summed E-state index contributed by atoms with van der Waals surface area (Å²) in [7, 11) is 0. The predicted molar refractivity (Wildman–Crippen MR) is 71.3 cm³/mol. The van der Waals surface area contributed by atoms with Crippen LogP contribution in [0.1, 0.15) is 31.7 Å². The largest absolute Gasteiger partial charge is 0.385 e. The number of aromatic nitrogens is 2. The SMILES string of the molecule is CCCC(O)c1noc(-c2ccc(Cl)cc2[N+](=O)[O-])n1. The minimum absolute atomic E-state index is 0.0153. The lowest BCUT2D eigenvalue weighted by Crippen LogP contribution is -1.99. The average molecular weight is 298 g/mol. The molecule has 1 heterocycles. The molecule has 0 fully saturated rings. The maximum Gasteiger partial charge on any atom is 0.283 e. The summed E-state index contributed by atoms with van der Waals surface area (Å²) in [5, 5.41) is 24.6. The van der Waals surface area contributed by atoms with Crippen LogP contribution in [0.25, 0.3) is 11.5 Å². The zero-order valence-corrected chi connectivity index (χ0v) is 11.4. The van der Waals surface area contributed by atoms with Gasteiger partial charge in [0, 0.05) is 11.1 Å². The minimum atomic E-state index is -0.844. The van der Waals surface area contributed by atoms with Crippen molar-refractivity contribution in [2.24, 2.45) is 0 Å². The van der Waals surface area contributed by atoms with E-state index in [2.05, 4.69) is 10.1 Å². The van der Waals surface area contributed by atoms with Crippen LogP contribution in [0.5, 0.6) is 0 Å². The van der Waals surface area contributed by atoms with E-state index >= 15 is 0 Å². The first-order chi connectivity index (χ1) is 9.52. The molecule has 1 aromatic carbocycles. The van der Waals surface area contributed by atoms with E-state index in [1.165, 1.54) is 18.2 Å². The molecule has 8 heteroatoms. The van der Waals surface area contributed by atoms with Crippen LogP contribution in [0.2, 0.25) is 5.02 Å². The van der Waals surface area contributed by atoms with Gasteiger partial charge in [-0.3, -0.25) is 10.1 Å². The molecule has 0 saturated carbocycles. The number of hydrogen-bond donors (Lipinski definition) is 1. The second kappa shape index (κ2) is 5.98. The van der Waals surface area contributed by atoms with E-state index in [4.69, 9.17) is 16.1 Å². The molecular formula is C12H12ClN3O4. The van der Waals surface area contributed by atoms with Crippen molar-refractivity contribution < 1.29 is 14.6 Å². The molecule has 0 saturated heterocycles. The number of aliphatic hydroxyl groups is 1. The monoisotopic (exact) mass is 297 g/mol. The van der Waals surface area contributed by atoms with Crippen molar-refractivity contribution in [3.63, 3.8) is 0 Å². The molecule has 1 unspecified atom stereocenters. The van der Waals surface area contributed by atoms with Crippen LogP contribution >= 0.6 is 11.6 Å². The molecule has 106 valence electrons. The fourth-order valence-corrected chi connectivity index (χ4v) is 1.89. The molecule has 0 bridgehead atoms. The van der Waals surface area contributed by atoms with Crippen LogP contribution in [0, 0.1) is 10.1 Å². The molecule has 7 nitrogen and oxygen atoms in total. The molecule has 0 radical (unpaired) electrons. The third kappa shape index (κ3) is 2.94. The van der Waals surface area contributed by atoms with E-state index in [0.717, 1.165) is 6.42 Å². The van der Waals surface area contributed by atoms with E-state index in [0.29, 0.717) is 6.42 Å². The molecule has 20 heavy (non-hydrogen) atoms. The Balaban J connectivity index is 2.40. The summed E-state index contributed by atoms with van der Waals surface area (Å²) in [4.78, 5) is 14.4. The molecule has 2 aromatic rings. The number of nitrogens with zero attached hydrogens (tertiary/aromatic N) is 3. The summed E-state index contributed by atoms with van der Waals surface area (Å²) in [6.45, 7) is 1.91. The molecule has 0 amide bonds. The van der Waals surface area contributed by atoms with Crippen molar-refractivity contribution in [3.05, 3.63) is 39.2 Å². The summed E-state index contributed by atoms with van der Waals surface area (Å²) >= 11 is 5.73. The van der Waals surface area contributed by atoms with E-state index in [1.807, 2.05) is 6.92 Å². The summed E-state index contributed by atoms with van der Waals surface area (Å²) in [5.41, 5.74) is -0.0560. The Morgan fingerprint density at radius 1 is 1.55 bits per heavy atom. The molecule has 2 rings (SSSR count). The Labute approximate surface area is 119 Å². The Bertz CT molecular complexity index is 629. The second-order valence-electron chi connectivity index (χ2n) is 4.18. The fourth-order valence-electron chi connectivity index (χ4n) is 1.72. The number of aliphatic hydroxyl groups excluding tert-OH is 1. The van der Waals surface area contributed by atoms with Crippen molar-refractivity contribution in [1.82, 2.24) is 10.1 Å². The molecule has 0 aliphatic rings. The van der Waals surface area contributed by atoms with Crippen LogP contribution < -0.4 is 0 Å². The highest BCUT2D eigenvalue weighted by atomic mass is 35.5. The Kier molecular flexibility index (Phi) is 4.31. The van der Waals surface area contributed by atoms with E-state index in [-0.39, 0.29) is 28.0 Å². The number of nitro benzene ring substituents is 1. The van der Waals surface area contributed by atoms with Crippen LogP contribution in [-0.2, 0) is 0 Å². The topological polar surface area (TPSA) is 102 Å². The van der Waals surface area contributed by atoms with Gasteiger partial charge in [0.1, 0.15) is 11.7 Å². The number of hydrogen-bond acceptors (Lipinski definition) is 6. The van der Waals surface area contributed by atoms with Crippen molar-refractivity contribution in [1.29, 1.82) is 0 Å². The average Bonchev–Trinajstić information content (AvgIpc) is 2.88. The highest BCUT2D eigenvalue weighted by Gasteiger charge is 2.22. The predicted octanol–water partition coefficient (Wildman–Crippen LogP) is 3.13. The summed E-state index contributed by atoms with van der Waals surface area (Å²) in [6.07, 6.45) is 0.400. The molecule has 1 aromatic heterocycles. The summed E-state index contributed by atoms with van der Waals surface area (Å²) in [6, 6.07) is 4.14. The second-order valence-corrected chi connectivity index (χ2v) is 4.62. The maximum atomic E-state index is 11.0. The summed E-state index contributed by atoms with van der Waals surface area (Å²) < 4.78 is 4.98. The van der Waals surface area contributed by atoms with Gasteiger partial charge in [-0.05, 0) is 18.6 Å². The smallest absolute Gasteiger partial charge is 0.283 e. The van der Waals surface area contributed by atoms with Crippen LogP contribution in [0.3, 0.4) is 0 Å². The van der Waals surface area contributed by atoms with E-state index < -0.39 is 11.0 Å². The van der Waals surface area contributed by atoms with Crippen molar-refractivity contribution in [2.45, 2.75) is 25.9 Å². The quantitative estimate of drug-likeness (QED) is 0.672. The highest BCUT2D eigenvalue weighted by Crippen LogP contribution is 2.31. The van der Waals surface area contributed by atoms with Crippen molar-refractivity contribution in [2.75, 3.05) is 0 Å². The lowest BCUT2D eigenvalue weighted by atomic mass is 10.1. The molecular weight excluding hydrogens is 286 g/mol. The first-order valence-electron chi connectivity index (χ1n) is 5.99. The highest BCUT2D eigenvalue weighted by molar-refractivity contribution is 6.30. The Morgan fingerprint density at radius 3 is 2.95 bits per heavy atom. The van der Waals surface area contributed by atoms with Gasteiger partial charge < -0.3 is 9.63 Å². The number of nitro groups is 1. The molecule has 0 spiro atoms. The van der Waals surface area contributed by atoms with E-state index in [9.17, 15) is 15.2 Å². The summed E-state index contributed by atoms with van der Waals surface area (Å²) in [5.74, 6) is 0.101. The Morgan fingerprint density at radius 2 is 2.30 bits per heavy atom. The fraction of sp³-hybridized carbons (Fsp3) is 0.333. The van der Waals surface area contributed by atoms with Crippen LogP contribution in [0.15, 0.2) is 22.7 Å². The number of rotatable bonds is 5. The Hall–Kier alpha value is -1.99. The maximum absolute atomic E-state index is 11.0. The van der Waals surface area contributed by atoms with E-state index in [1.54, 1.807) is 0 Å². The minimum Gasteiger partial charge on any atom is -0.385 e. The molecule has 0 aliphatic carbocycles. The number of halogens is 1. The van der Waals surface area contributed by atoms with Crippen LogP contribution in [0.4, 0.5) is 5.69 Å². The lowest BCUT2D eigenvalue weighted by Gasteiger charge is -2.01. The molecule has 1 N–H and O–H groups in total. The molecule has 0 aliphatic heterocycles. The zero-order valence-electron chi connectivity index (χ0n) is 10.6. The van der Waals surface area contributed by atoms with Gasteiger partial charge in [-0.15, -0.1) is 0 Å².